The Hall–Kier alpha value is -6.91. The molecule has 2 heterocycles. The number of hydrogen-bond donors (Lipinski definition) is 0. The predicted molar refractivity (Wildman–Crippen MR) is 209 cm³/mol. The molecule has 0 bridgehead atoms. The molecule has 0 amide bonds. The van der Waals surface area contributed by atoms with E-state index >= 15 is 0 Å². The molecule has 4 nitrogen and oxygen atoms in total. The molecule has 2 aromatic heterocycles. The maximum atomic E-state index is 6.39. The Labute approximate surface area is 294 Å². The van der Waals surface area contributed by atoms with Gasteiger partial charge in [0.2, 0.25) is 0 Å². The summed E-state index contributed by atoms with van der Waals surface area (Å²) in [6.07, 6.45) is 0. The molecule has 8 aromatic carbocycles. The van der Waals surface area contributed by atoms with Gasteiger partial charge in [0.1, 0.15) is 11.2 Å². The number of furan rings is 1. The first-order valence-corrected chi connectivity index (χ1v) is 17.1. The van der Waals surface area contributed by atoms with E-state index in [4.69, 9.17) is 19.4 Å². The minimum absolute atomic E-state index is 0.611. The summed E-state index contributed by atoms with van der Waals surface area (Å²) >= 11 is 0. The molecule has 0 saturated heterocycles. The molecule has 0 unspecified atom stereocenters. The highest BCUT2D eigenvalue weighted by Crippen LogP contribution is 2.37. The summed E-state index contributed by atoms with van der Waals surface area (Å²) in [4.78, 5) is 15.2. The normalized spacial score (nSPS) is 11.5. The highest BCUT2D eigenvalue weighted by Gasteiger charge is 2.16. The van der Waals surface area contributed by atoms with Crippen LogP contribution < -0.4 is 0 Å². The van der Waals surface area contributed by atoms with E-state index in [0.29, 0.717) is 17.5 Å². The van der Waals surface area contributed by atoms with Crippen molar-refractivity contribution in [2.75, 3.05) is 0 Å². The summed E-state index contributed by atoms with van der Waals surface area (Å²) in [5.41, 5.74) is 8.89. The van der Waals surface area contributed by atoms with Crippen molar-refractivity contribution in [1.29, 1.82) is 0 Å². The Morgan fingerprint density at radius 3 is 1.57 bits per heavy atom. The lowest BCUT2D eigenvalue weighted by molar-refractivity contribution is 0.670. The zero-order chi connectivity index (χ0) is 33.7. The van der Waals surface area contributed by atoms with E-state index in [1.165, 1.54) is 21.7 Å². The predicted octanol–water partition coefficient (Wildman–Crippen LogP) is 12.4. The number of nitrogens with zero attached hydrogens (tertiary/aromatic N) is 3. The highest BCUT2D eigenvalue weighted by atomic mass is 16.3. The Kier molecular flexibility index (Phi) is 6.78. The van der Waals surface area contributed by atoms with Crippen LogP contribution in [0.25, 0.3) is 99.9 Å². The molecule has 0 spiro atoms. The maximum Gasteiger partial charge on any atom is 0.164 e. The SMILES string of the molecule is c1cc(-c2nc(-c3ccc(-c4ccc5ccccc5c4)cc3)nc(-c3ccc4ccccc4c3)n2)cc(-c2cccc3c2oc2ccccc23)c1. The van der Waals surface area contributed by atoms with Gasteiger partial charge in [0.15, 0.2) is 17.5 Å². The molecular formula is C47H29N3O. The minimum Gasteiger partial charge on any atom is -0.455 e. The van der Waals surface area contributed by atoms with Crippen LogP contribution in [0.3, 0.4) is 0 Å². The van der Waals surface area contributed by atoms with Crippen LogP contribution in [0.5, 0.6) is 0 Å². The largest absolute Gasteiger partial charge is 0.455 e. The smallest absolute Gasteiger partial charge is 0.164 e. The van der Waals surface area contributed by atoms with Crippen LogP contribution in [-0.4, -0.2) is 15.0 Å². The van der Waals surface area contributed by atoms with Crippen molar-refractivity contribution in [3.8, 4) is 56.4 Å². The molecule has 10 aromatic rings. The Balaban J connectivity index is 1.10. The summed E-state index contributed by atoms with van der Waals surface area (Å²) in [7, 11) is 0. The van der Waals surface area contributed by atoms with E-state index in [9.17, 15) is 0 Å². The van der Waals surface area contributed by atoms with Crippen LogP contribution in [0.2, 0.25) is 0 Å². The molecule has 10 rings (SSSR count). The molecule has 0 N–H and O–H groups in total. The molecule has 0 aliphatic carbocycles. The topological polar surface area (TPSA) is 51.8 Å². The average molecular weight is 652 g/mol. The number of hydrogen-bond acceptors (Lipinski definition) is 4. The van der Waals surface area contributed by atoms with E-state index in [-0.39, 0.29) is 0 Å². The highest BCUT2D eigenvalue weighted by molar-refractivity contribution is 6.09. The van der Waals surface area contributed by atoms with Crippen LogP contribution in [0.4, 0.5) is 0 Å². The molecule has 238 valence electrons. The zero-order valence-electron chi connectivity index (χ0n) is 27.5. The first kappa shape index (κ1) is 29.0. The average Bonchev–Trinajstić information content (AvgIpc) is 3.59. The van der Waals surface area contributed by atoms with Crippen molar-refractivity contribution in [3.05, 3.63) is 176 Å². The number of fused-ring (bicyclic) bond motifs is 5. The summed E-state index contributed by atoms with van der Waals surface area (Å²) in [5.74, 6) is 1.86. The van der Waals surface area contributed by atoms with Crippen molar-refractivity contribution >= 4 is 43.5 Å². The third kappa shape index (κ3) is 5.22. The molecule has 0 atom stereocenters. The fourth-order valence-corrected chi connectivity index (χ4v) is 7.07. The van der Waals surface area contributed by atoms with Crippen LogP contribution in [0.15, 0.2) is 180 Å². The van der Waals surface area contributed by atoms with Gasteiger partial charge in [0, 0.05) is 33.0 Å². The van der Waals surface area contributed by atoms with Crippen molar-refractivity contribution in [1.82, 2.24) is 15.0 Å². The third-order valence-corrected chi connectivity index (χ3v) is 9.71. The first-order chi connectivity index (χ1) is 25.2. The summed E-state index contributed by atoms with van der Waals surface area (Å²) < 4.78 is 6.39. The standard InChI is InChI=1S/C47H29N3O/c1-3-11-34-27-36(25-21-30(34)9-1)32-19-23-33(24-20-32)45-48-46(50-47(49-45)39-26-22-31-10-2-4-12-35(31)28-39)38-14-7-13-37(29-38)40-16-8-17-42-41-15-5-6-18-43(41)51-44(40)42/h1-29H. The summed E-state index contributed by atoms with van der Waals surface area (Å²) in [6.45, 7) is 0. The lowest BCUT2D eigenvalue weighted by atomic mass is 10.00. The number of benzene rings is 8. The van der Waals surface area contributed by atoms with E-state index in [1.54, 1.807) is 0 Å². The molecule has 0 aliphatic heterocycles. The van der Waals surface area contributed by atoms with Gasteiger partial charge < -0.3 is 4.42 Å². The molecule has 4 heteroatoms. The quantitative estimate of drug-likeness (QED) is 0.186. The Morgan fingerprint density at radius 1 is 0.314 bits per heavy atom. The monoisotopic (exact) mass is 651 g/mol. The van der Waals surface area contributed by atoms with Crippen molar-refractivity contribution in [2.45, 2.75) is 0 Å². The molecule has 0 radical (unpaired) electrons. The van der Waals surface area contributed by atoms with Gasteiger partial charge in [-0.25, -0.2) is 15.0 Å². The maximum absolute atomic E-state index is 6.39. The molecule has 0 saturated carbocycles. The van der Waals surface area contributed by atoms with E-state index in [1.807, 2.05) is 18.2 Å². The second-order valence-electron chi connectivity index (χ2n) is 12.9. The summed E-state index contributed by atoms with van der Waals surface area (Å²) in [6, 6.07) is 61.1. The zero-order valence-corrected chi connectivity index (χ0v) is 27.5. The van der Waals surface area contributed by atoms with Gasteiger partial charge in [0.25, 0.3) is 0 Å². The number of rotatable bonds is 5. The van der Waals surface area contributed by atoms with Gasteiger partial charge in [0.05, 0.1) is 0 Å². The van der Waals surface area contributed by atoms with Gasteiger partial charge in [-0.15, -0.1) is 0 Å². The van der Waals surface area contributed by atoms with E-state index in [0.717, 1.165) is 60.7 Å². The van der Waals surface area contributed by atoms with Gasteiger partial charge in [-0.05, 0) is 62.5 Å². The van der Waals surface area contributed by atoms with Crippen LogP contribution in [0, 0.1) is 0 Å². The van der Waals surface area contributed by atoms with Crippen molar-refractivity contribution in [3.63, 3.8) is 0 Å². The number of para-hydroxylation sites is 2. The Bertz CT molecular complexity index is 2920. The lowest BCUT2D eigenvalue weighted by Crippen LogP contribution is -2.00. The van der Waals surface area contributed by atoms with Gasteiger partial charge in [-0.1, -0.05) is 152 Å². The van der Waals surface area contributed by atoms with Crippen molar-refractivity contribution in [2.24, 2.45) is 0 Å². The lowest BCUT2D eigenvalue weighted by Gasteiger charge is -2.11. The van der Waals surface area contributed by atoms with Crippen LogP contribution in [0.1, 0.15) is 0 Å². The fourth-order valence-electron chi connectivity index (χ4n) is 7.07. The van der Waals surface area contributed by atoms with Gasteiger partial charge >= 0.3 is 0 Å². The van der Waals surface area contributed by atoms with Gasteiger partial charge in [-0.2, -0.15) is 0 Å². The van der Waals surface area contributed by atoms with E-state index < -0.39 is 0 Å². The second kappa shape index (κ2) is 11.9. The molecule has 0 aliphatic rings. The molecular weight excluding hydrogens is 623 g/mol. The molecule has 0 fully saturated rings. The van der Waals surface area contributed by atoms with Crippen molar-refractivity contribution < 1.29 is 4.42 Å². The first-order valence-electron chi connectivity index (χ1n) is 17.1. The van der Waals surface area contributed by atoms with E-state index in [2.05, 4.69) is 158 Å². The second-order valence-corrected chi connectivity index (χ2v) is 12.9. The summed E-state index contributed by atoms with van der Waals surface area (Å²) in [5, 5.41) is 6.97. The number of aromatic nitrogens is 3. The van der Waals surface area contributed by atoms with Gasteiger partial charge in [-0.3, -0.25) is 0 Å². The fraction of sp³-hybridized carbons (Fsp3) is 0. The molecule has 51 heavy (non-hydrogen) atoms. The van der Waals surface area contributed by atoms with Crippen LogP contribution >= 0.6 is 0 Å². The third-order valence-electron chi connectivity index (χ3n) is 9.71. The minimum atomic E-state index is 0.611. The Morgan fingerprint density at radius 2 is 0.824 bits per heavy atom. The van der Waals surface area contributed by atoms with Crippen LogP contribution in [-0.2, 0) is 0 Å².